The molecule has 0 unspecified atom stereocenters. The summed E-state index contributed by atoms with van der Waals surface area (Å²) in [5.41, 5.74) is 0.109. The summed E-state index contributed by atoms with van der Waals surface area (Å²) in [6.07, 6.45) is 1.70. The molecule has 0 radical (unpaired) electrons. The van der Waals surface area contributed by atoms with Crippen LogP contribution in [0.25, 0.3) is 0 Å². The number of aromatic nitrogens is 1. The molecule has 1 aromatic rings. The van der Waals surface area contributed by atoms with Gasteiger partial charge in [0.05, 0.1) is 32.0 Å². The SMILES string of the molecule is CCOC(=O)CC(C)(C)CC(=O)Nc1ccc(C(=O)OC)nc1. The molecule has 1 aromatic heterocycles. The number of hydrogen-bond acceptors (Lipinski definition) is 6. The van der Waals surface area contributed by atoms with E-state index in [9.17, 15) is 14.4 Å². The molecule has 0 atom stereocenters. The van der Waals surface area contributed by atoms with Gasteiger partial charge in [0, 0.05) is 6.42 Å². The molecule has 126 valence electrons. The number of methoxy groups -OCH3 is 1. The molecule has 1 rings (SSSR count). The second kappa shape index (κ2) is 8.26. The molecule has 1 N–H and O–H groups in total. The van der Waals surface area contributed by atoms with Gasteiger partial charge in [-0.2, -0.15) is 0 Å². The molecule has 7 nitrogen and oxygen atoms in total. The Labute approximate surface area is 135 Å². The molecular weight excluding hydrogens is 300 g/mol. The zero-order valence-corrected chi connectivity index (χ0v) is 13.8. The van der Waals surface area contributed by atoms with E-state index in [4.69, 9.17) is 4.74 Å². The lowest BCUT2D eigenvalue weighted by molar-refractivity contribution is -0.145. The van der Waals surface area contributed by atoms with Crippen LogP contribution < -0.4 is 5.32 Å². The molecule has 0 aromatic carbocycles. The van der Waals surface area contributed by atoms with Crippen LogP contribution in [0.2, 0.25) is 0 Å². The molecule has 0 bridgehead atoms. The van der Waals surface area contributed by atoms with E-state index in [-0.39, 0.29) is 30.4 Å². The van der Waals surface area contributed by atoms with Crippen molar-refractivity contribution >= 4 is 23.5 Å². The fourth-order valence-corrected chi connectivity index (χ4v) is 2.00. The molecule has 1 heterocycles. The number of anilines is 1. The largest absolute Gasteiger partial charge is 0.466 e. The van der Waals surface area contributed by atoms with E-state index in [2.05, 4.69) is 15.0 Å². The molecule has 23 heavy (non-hydrogen) atoms. The van der Waals surface area contributed by atoms with Crippen molar-refractivity contribution in [1.29, 1.82) is 0 Å². The van der Waals surface area contributed by atoms with Crippen molar-refractivity contribution in [3.8, 4) is 0 Å². The summed E-state index contributed by atoms with van der Waals surface area (Å²) in [5, 5.41) is 2.68. The Morgan fingerprint density at radius 3 is 2.43 bits per heavy atom. The first-order valence-corrected chi connectivity index (χ1v) is 7.27. The molecule has 0 aliphatic heterocycles. The van der Waals surface area contributed by atoms with Gasteiger partial charge >= 0.3 is 11.9 Å². The Morgan fingerprint density at radius 1 is 1.22 bits per heavy atom. The van der Waals surface area contributed by atoms with Crippen LogP contribution >= 0.6 is 0 Å². The van der Waals surface area contributed by atoms with E-state index >= 15 is 0 Å². The van der Waals surface area contributed by atoms with Crippen molar-refractivity contribution in [2.75, 3.05) is 19.0 Å². The topological polar surface area (TPSA) is 94.6 Å². The fourth-order valence-electron chi connectivity index (χ4n) is 2.00. The molecule has 1 amide bonds. The third kappa shape index (κ3) is 6.46. The second-order valence-electron chi connectivity index (χ2n) is 5.79. The third-order valence-electron chi connectivity index (χ3n) is 3.01. The van der Waals surface area contributed by atoms with Crippen LogP contribution in [0.5, 0.6) is 0 Å². The number of pyridine rings is 1. The summed E-state index contributed by atoms with van der Waals surface area (Å²) in [5.74, 6) is -1.11. The standard InChI is InChI=1S/C16H22N2O5/c1-5-23-14(20)9-16(2,3)8-13(19)18-11-6-7-12(17-10-11)15(21)22-4/h6-7,10H,5,8-9H2,1-4H3,(H,18,19). The zero-order chi connectivity index (χ0) is 17.5. The fraction of sp³-hybridized carbons (Fsp3) is 0.500. The number of amides is 1. The first kappa shape index (κ1) is 18.6. The second-order valence-corrected chi connectivity index (χ2v) is 5.79. The maximum Gasteiger partial charge on any atom is 0.356 e. The highest BCUT2D eigenvalue weighted by molar-refractivity contribution is 5.92. The van der Waals surface area contributed by atoms with Crippen LogP contribution in [0.4, 0.5) is 5.69 Å². The van der Waals surface area contributed by atoms with Gasteiger partial charge in [-0.3, -0.25) is 9.59 Å². The molecule has 0 saturated carbocycles. The number of nitrogens with zero attached hydrogens (tertiary/aromatic N) is 1. The average molecular weight is 322 g/mol. The van der Waals surface area contributed by atoms with Crippen molar-refractivity contribution in [3.05, 3.63) is 24.0 Å². The Balaban J connectivity index is 2.58. The summed E-state index contributed by atoms with van der Waals surface area (Å²) in [6, 6.07) is 3.03. The lowest BCUT2D eigenvalue weighted by Crippen LogP contribution is -2.25. The van der Waals surface area contributed by atoms with Crippen LogP contribution in [-0.4, -0.2) is 36.5 Å². The molecule has 7 heteroatoms. The average Bonchev–Trinajstić information content (AvgIpc) is 2.46. The van der Waals surface area contributed by atoms with Gasteiger partial charge in [0.25, 0.3) is 0 Å². The summed E-state index contributed by atoms with van der Waals surface area (Å²) in [6.45, 7) is 5.70. The molecule has 0 saturated heterocycles. The lowest BCUT2D eigenvalue weighted by atomic mass is 9.85. The Bertz CT molecular complexity index is 566. The lowest BCUT2D eigenvalue weighted by Gasteiger charge is -2.22. The smallest absolute Gasteiger partial charge is 0.356 e. The quantitative estimate of drug-likeness (QED) is 0.773. The van der Waals surface area contributed by atoms with Crippen LogP contribution in [0.3, 0.4) is 0 Å². The minimum atomic E-state index is -0.543. The highest BCUT2D eigenvalue weighted by atomic mass is 16.5. The molecular formula is C16H22N2O5. The van der Waals surface area contributed by atoms with E-state index in [1.165, 1.54) is 19.4 Å². The number of carbonyl (C=O) groups excluding carboxylic acids is 3. The zero-order valence-electron chi connectivity index (χ0n) is 13.8. The van der Waals surface area contributed by atoms with Crippen molar-refractivity contribution in [2.45, 2.75) is 33.6 Å². The summed E-state index contributed by atoms with van der Waals surface area (Å²) in [4.78, 5) is 38.8. The maximum absolute atomic E-state index is 12.1. The van der Waals surface area contributed by atoms with Crippen LogP contribution in [0.1, 0.15) is 44.1 Å². The minimum absolute atomic E-state index is 0.157. The maximum atomic E-state index is 12.1. The highest BCUT2D eigenvalue weighted by Crippen LogP contribution is 2.26. The van der Waals surface area contributed by atoms with E-state index in [0.29, 0.717) is 12.3 Å². The first-order chi connectivity index (χ1) is 10.8. The van der Waals surface area contributed by atoms with E-state index in [0.717, 1.165) is 0 Å². The van der Waals surface area contributed by atoms with E-state index < -0.39 is 11.4 Å². The summed E-state index contributed by atoms with van der Waals surface area (Å²) < 4.78 is 9.45. The normalized spacial score (nSPS) is 10.8. The molecule has 0 aliphatic carbocycles. The van der Waals surface area contributed by atoms with Gasteiger partial charge in [-0.1, -0.05) is 13.8 Å². The number of ether oxygens (including phenoxy) is 2. The number of carbonyl (C=O) groups is 3. The van der Waals surface area contributed by atoms with Gasteiger partial charge in [-0.15, -0.1) is 0 Å². The minimum Gasteiger partial charge on any atom is -0.466 e. The number of nitrogens with one attached hydrogen (secondary N) is 1. The van der Waals surface area contributed by atoms with Crippen molar-refractivity contribution in [3.63, 3.8) is 0 Å². The van der Waals surface area contributed by atoms with Crippen LogP contribution in [-0.2, 0) is 19.1 Å². The van der Waals surface area contributed by atoms with E-state index in [1.54, 1.807) is 13.0 Å². The van der Waals surface area contributed by atoms with Crippen LogP contribution in [0, 0.1) is 5.41 Å². The van der Waals surface area contributed by atoms with Gasteiger partial charge in [0.2, 0.25) is 5.91 Å². The van der Waals surface area contributed by atoms with Gasteiger partial charge in [-0.25, -0.2) is 9.78 Å². The van der Waals surface area contributed by atoms with Gasteiger partial charge in [0.1, 0.15) is 5.69 Å². The highest BCUT2D eigenvalue weighted by Gasteiger charge is 2.26. The monoisotopic (exact) mass is 322 g/mol. The number of esters is 2. The van der Waals surface area contributed by atoms with Gasteiger partial charge in [-0.05, 0) is 24.5 Å². The number of rotatable bonds is 7. The summed E-state index contributed by atoms with van der Waals surface area (Å²) >= 11 is 0. The Hall–Kier alpha value is -2.44. The molecule has 0 aliphatic rings. The Kier molecular flexibility index (Phi) is 6.68. The predicted molar refractivity (Wildman–Crippen MR) is 83.9 cm³/mol. The van der Waals surface area contributed by atoms with Gasteiger partial charge < -0.3 is 14.8 Å². The first-order valence-electron chi connectivity index (χ1n) is 7.27. The predicted octanol–water partition coefficient (Wildman–Crippen LogP) is 2.18. The van der Waals surface area contributed by atoms with E-state index in [1.807, 2.05) is 13.8 Å². The summed E-state index contributed by atoms with van der Waals surface area (Å²) in [7, 11) is 1.27. The third-order valence-corrected chi connectivity index (χ3v) is 3.01. The van der Waals surface area contributed by atoms with Crippen LogP contribution in [0.15, 0.2) is 18.3 Å². The number of hydrogen-bond donors (Lipinski definition) is 1. The van der Waals surface area contributed by atoms with Gasteiger partial charge in [0.15, 0.2) is 0 Å². The molecule has 0 spiro atoms. The van der Waals surface area contributed by atoms with Crippen molar-refractivity contribution in [2.24, 2.45) is 5.41 Å². The van der Waals surface area contributed by atoms with Crippen molar-refractivity contribution in [1.82, 2.24) is 4.98 Å². The molecule has 0 fully saturated rings. The van der Waals surface area contributed by atoms with Crippen molar-refractivity contribution < 1.29 is 23.9 Å². The Morgan fingerprint density at radius 2 is 1.91 bits per heavy atom.